The number of aliphatic hydroxyl groups is 3. The van der Waals surface area contributed by atoms with Crippen molar-refractivity contribution in [2.75, 3.05) is 0 Å². The van der Waals surface area contributed by atoms with Gasteiger partial charge in [0.25, 0.3) is 0 Å². The molecule has 0 radical (unpaired) electrons. The zero-order chi connectivity index (χ0) is 17.3. The molecule has 0 heterocycles. The van der Waals surface area contributed by atoms with E-state index in [1.54, 1.807) is 0 Å². The number of hydrogen-bond acceptors (Lipinski definition) is 3. The Morgan fingerprint density at radius 1 is 0.958 bits per heavy atom. The second-order valence-electron chi connectivity index (χ2n) is 10.2. The van der Waals surface area contributed by atoms with Gasteiger partial charge in [0, 0.05) is 0 Å². The lowest BCUT2D eigenvalue weighted by Crippen LogP contribution is -2.59. The maximum Gasteiger partial charge on any atom is 0.0581 e. The minimum atomic E-state index is -0.263. The normalized spacial score (nSPS) is 58.5. The van der Waals surface area contributed by atoms with Crippen molar-refractivity contribution in [1.29, 1.82) is 0 Å². The molecule has 0 aromatic carbocycles. The Bertz CT molecular complexity index is 491. The van der Waals surface area contributed by atoms with Gasteiger partial charge in [-0.3, -0.25) is 0 Å². The molecule has 0 aromatic heterocycles. The molecule has 4 rings (SSSR count). The third-order valence-corrected chi connectivity index (χ3v) is 9.22. The number of hydrogen-bond donors (Lipinski definition) is 3. The lowest BCUT2D eigenvalue weighted by atomic mass is 9.44. The highest BCUT2D eigenvalue weighted by Gasteiger charge is 2.63. The van der Waals surface area contributed by atoms with Crippen LogP contribution in [0.4, 0.5) is 0 Å². The molecule has 4 saturated carbocycles. The van der Waals surface area contributed by atoms with Crippen LogP contribution in [0.1, 0.15) is 72.1 Å². The van der Waals surface area contributed by atoms with Gasteiger partial charge in [0.05, 0.1) is 18.3 Å². The van der Waals surface area contributed by atoms with Crippen LogP contribution >= 0.6 is 0 Å². The predicted octanol–water partition coefficient (Wildman–Crippen LogP) is 3.36. The monoisotopic (exact) mass is 336 g/mol. The average molecular weight is 337 g/mol. The molecule has 4 aliphatic carbocycles. The van der Waals surface area contributed by atoms with Crippen LogP contribution in [0.3, 0.4) is 0 Å². The second kappa shape index (κ2) is 5.69. The summed E-state index contributed by atoms with van der Waals surface area (Å²) >= 11 is 0. The van der Waals surface area contributed by atoms with E-state index in [9.17, 15) is 15.3 Å². The van der Waals surface area contributed by atoms with Gasteiger partial charge >= 0.3 is 0 Å². The standard InChI is InChI=1S/C21H36O3/c1-12(22)16-6-7-17-15-5-4-13-10-14(23)8-9-20(13,2)19(15)18(24)11-21(16,17)3/h12-19,22-24H,4-11H2,1-3H3/t12?,13?,14-,15?,16+,17?,18?,19?,20-,21+/m0/s1. The van der Waals surface area contributed by atoms with E-state index < -0.39 is 0 Å². The fourth-order valence-corrected chi connectivity index (χ4v) is 8.19. The Kier molecular flexibility index (Phi) is 4.10. The van der Waals surface area contributed by atoms with E-state index in [2.05, 4.69) is 13.8 Å². The van der Waals surface area contributed by atoms with Gasteiger partial charge in [-0.15, -0.1) is 0 Å². The molecule has 0 aliphatic heterocycles. The highest BCUT2D eigenvalue weighted by molar-refractivity contribution is 5.12. The summed E-state index contributed by atoms with van der Waals surface area (Å²) in [5.74, 6) is 2.59. The Hall–Kier alpha value is -0.120. The first kappa shape index (κ1) is 17.3. The van der Waals surface area contributed by atoms with E-state index in [0.717, 1.165) is 32.1 Å². The zero-order valence-corrected chi connectivity index (χ0v) is 15.6. The topological polar surface area (TPSA) is 60.7 Å². The summed E-state index contributed by atoms with van der Waals surface area (Å²) in [5.41, 5.74) is 0.304. The van der Waals surface area contributed by atoms with E-state index in [0.29, 0.717) is 29.6 Å². The van der Waals surface area contributed by atoms with Crippen LogP contribution in [-0.4, -0.2) is 33.6 Å². The van der Waals surface area contributed by atoms with Crippen LogP contribution in [0, 0.1) is 40.4 Å². The van der Waals surface area contributed by atoms with Gasteiger partial charge in [0.15, 0.2) is 0 Å². The second-order valence-corrected chi connectivity index (χ2v) is 10.2. The molecule has 3 heteroatoms. The minimum absolute atomic E-state index is 0.103. The number of fused-ring (bicyclic) bond motifs is 5. The van der Waals surface area contributed by atoms with Gasteiger partial charge in [-0.05, 0) is 98.7 Å². The molecule has 4 aliphatic rings. The van der Waals surface area contributed by atoms with Gasteiger partial charge in [-0.2, -0.15) is 0 Å². The molecule has 3 nitrogen and oxygen atoms in total. The lowest BCUT2D eigenvalue weighted by Gasteiger charge is -2.62. The van der Waals surface area contributed by atoms with Crippen LogP contribution in [-0.2, 0) is 0 Å². The third kappa shape index (κ3) is 2.27. The zero-order valence-electron chi connectivity index (χ0n) is 15.6. The molecule has 3 N–H and O–H groups in total. The summed E-state index contributed by atoms with van der Waals surface area (Å²) in [5, 5.41) is 31.7. The molecular weight excluding hydrogens is 300 g/mol. The molecule has 0 saturated heterocycles. The number of rotatable bonds is 1. The Morgan fingerprint density at radius 3 is 2.42 bits per heavy atom. The Morgan fingerprint density at radius 2 is 1.71 bits per heavy atom. The van der Waals surface area contributed by atoms with Crippen LogP contribution in [0.15, 0.2) is 0 Å². The van der Waals surface area contributed by atoms with E-state index >= 15 is 0 Å². The highest BCUT2D eigenvalue weighted by Crippen LogP contribution is 2.67. The lowest BCUT2D eigenvalue weighted by molar-refractivity contribution is -0.181. The van der Waals surface area contributed by atoms with Crippen molar-refractivity contribution in [3.63, 3.8) is 0 Å². The smallest absolute Gasteiger partial charge is 0.0581 e. The summed E-state index contributed by atoms with van der Waals surface area (Å²) in [7, 11) is 0. The molecule has 4 fully saturated rings. The summed E-state index contributed by atoms with van der Waals surface area (Å²) in [6.45, 7) is 6.70. The maximum absolute atomic E-state index is 11.2. The predicted molar refractivity (Wildman–Crippen MR) is 94.3 cm³/mol. The molecule has 24 heavy (non-hydrogen) atoms. The largest absolute Gasteiger partial charge is 0.393 e. The van der Waals surface area contributed by atoms with Gasteiger partial charge in [0.2, 0.25) is 0 Å². The van der Waals surface area contributed by atoms with Crippen LogP contribution < -0.4 is 0 Å². The third-order valence-electron chi connectivity index (χ3n) is 9.22. The van der Waals surface area contributed by atoms with Crippen molar-refractivity contribution in [3.05, 3.63) is 0 Å². The Labute approximate surface area is 146 Å². The summed E-state index contributed by atoms with van der Waals surface area (Å²) < 4.78 is 0. The fraction of sp³-hybridized carbons (Fsp3) is 1.00. The van der Waals surface area contributed by atoms with Crippen molar-refractivity contribution in [3.8, 4) is 0 Å². The summed E-state index contributed by atoms with van der Waals surface area (Å²) in [6, 6.07) is 0. The fourth-order valence-electron chi connectivity index (χ4n) is 8.19. The molecule has 10 atom stereocenters. The molecule has 138 valence electrons. The summed E-state index contributed by atoms with van der Waals surface area (Å²) in [6.07, 6.45) is 7.91. The van der Waals surface area contributed by atoms with Crippen LogP contribution in [0.5, 0.6) is 0 Å². The molecule has 6 unspecified atom stereocenters. The van der Waals surface area contributed by atoms with Crippen molar-refractivity contribution >= 4 is 0 Å². The first-order valence-electron chi connectivity index (χ1n) is 10.3. The minimum Gasteiger partial charge on any atom is -0.393 e. The van der Waals surface area contributed by atoms with E-state index in [1.807, 2.05) is 6.92 Å². The maximum atomic E-state index is 11.2. The van der Waals surface area contributed by atoms with E-state index in [-0.39, 0.29) is 29.1 Å². The SMILES string of the molecule is CC(O)[C@H]1CCC2C3CCC4C[C@@H](O)CC[C@]4(C)C3C(O)C[C@@]21C. The molecular formula is C21H36O3. The number of aliphatic hydroxyl groups excluding tert-OH is 3. The van der Waals surface area contributed by atoms with Gasteiger partial charge < -0.3 is 15.3 Å². The molecule has 0 aromatic rings. The Balaban J connectivity index is 1.66. The van der Waals surface area contributed by atoms with Crippen molar-refractivity contribution in [1.82, 2.24) is 0 Å². The van der Waals surface area contributed by atoms with Gasteiger partial charge in [-0.1, -0.05) is 13.8 Å². The highest BCUT2D eigenvalue weighted by atomic mass is 16.3. The van der Waals surface area contributed by atoms with Crippen molar-refractivity contribution < 1.29 is 15.3 Å². The van der Waals surface area contributed by atoms with Gasteiger partial charge in [-0.25, -0.2) is 0 Å². The quantitative estimate of drug-likeness (QED) is 0.688. The molecule has 0 spiro atoms. The van der Waals surface area contributed by atoms with Crippen LogP contribution in [0.25, 0.3) is 0 Å². The van der Waals surface area contributed by atoms with Crippen molar-refractivity contribution in [2.24, 2.45) is 40.4 Å². The average Bonchev–Trinajstić information content (AvgIpc) is 2.84. The van der Waals surface area contributed by atoms with Crippen molar-refractivity contribution in [2.45, 2.75) is 90.4 Å². The van der Waals surface area contributed by atoms with Gasteiger partial charge in [0.1, 0.15) is 0 Å². The first-order valence-corrected chi connectivity index (χ1v) is 10.3. The van der Waals surface area contributed by atoms with E-state index in [1.165, 1.54) is 19.3 Å². The first-order chi connectivity index (χ1) is 11.3. The van der Waals surface area contributed by atoms with E-state index in [4.69, 9.17) is 0 Å². The summed E-state index contributed by atoms with van der Waals surface area (Å²) in [4.78, 5) is 0. The molecule has 0 bridgehead atoms. The van der Waals surface area contributed by atoms with Crippen LogP contribution in [0.2, 0.25) is 0 Å². The molecule has 0 amide bonds.